The molecule has 7 heteroatoms. The standard InChI is InChI=1S/C18H22ClN3O2S/c1-13-4-3-9-22(12-13)18-8-5-15(11-20-18)21-25(23,24)16-6-7-17(19)14(2)10-16/h5-8,10-11,13,21H,3-4,9,12H2,1-2H3. The average Bonchev–Trinajstić information content (AvgIpc) is 2.57. The first-order valence-electron chi connectivity index (χ1n) is 8.35. The molecule has 0 radical (unpaired) electrons. The summed E-state index contributed by atoms with van der Waals surface area (Å²) < 4.78 is 27.6. The Kier molecular flexibility index (Phi) is 5.20. The summed E-state index contributed by atoms with van der Waals surface area (Å²) in [6.07, 6.45) is 3.97. The average molecular weight is 380 g/mol. The summed E-state index contributed by atoms with van der Waals surface area (Å²) in [5.41, 5.74) is 1.17. The molecule has 1 aliphatic heterocycles. The summed E-state index contributed by atoms with van der Waals surface area (Å²) in [4.78, 5) is 6.85. The van der Waals surface area contributed by atoms with Gasteiger partial charge in [-0.3, -0.25) is 4.72 Å². The van der Waals surface area contributed by atoms with Crippen LogP contribution in [0.1, 0.15) is 25.3 Å². The van der Waals surface area contributed by atoms with Crippen molar-refractivity contribution in [3.05, 3.63) is 47.1 Å². The minimum atomic E-state index is -3.66. The van der Waals surface area contributed by atoms with Crippen molar-refractivity contribution in [2.24, 2.45) is 5.92 Å². The molecule has 0 bridgehead atoms. The van der Waals surface area contributed by atoms with E-state index in [1.807, 2.05) is 6.07 Å². The molecular weight excluding hydrogens is 358 g/mol. The second-order valence-corrected chi connectivity index (χ2v) is 8.70. The second-order valence-electron chi connectivity index (χ2n) is 6.61. The molecule has 2 heterocycles. The van der Waals surface area contributed by atoms with Gasteiger partial charge in [-0.2, -0.15) is 0 Å². The monoisotopic (exact) mass is 379 g/mol. The number of anilines is 2. The fourth-order valence-corrected chi connectivity index (χ4v) is 4.27. The van der Waals surface area contributed by atoms with E-state index >= 15 is 0 Å². The van der Waals surface area contributed by atoms with Crippen LogP contribution in [0.3, 0.4) is 0 Å². The quantitative estimate of drug-likeness (QED) is 0.869. The molecule has 0 amide bonds. The van der Waals surface area contributed by atoms with E-state index in [9.17, 15) is 8.42 Å². The highest BCUT2D eigenvalue weighted by Crippen LogP contribution is 2.24. The molecule has 1 saturated heterocycles. The van der Waals surface area contributed by atoms with Gasteiger partial charge in [-0.05, 0) is 61.6 Å². The van der Waals surface area contributed by atoms with Gasteiger partial charge in [0.05, 0.1) is 16.8 Å². The molecule has 1 fully saturated rings. The molecule has 5 nitrogen and oxygen atoms in total. The SMILES string of the molecule is Cc1cc(S(=O)(=O)Nc2ccc(N3CCCC(C)C3)nc2)ccc1Cl. The first-order valence-corrected chi connectivity index (χ1v) is 10.2. The van der Waals surface area contributed by atoms with E-state index in [0.717, 1.165) is 30.9 Å². The summed E-state index contributed by atoms with van der Waals surface area (Å²) >= 11 is 5.96. The van der Waals surface area contributed by atoms with E-state index in [4.69, 9.17) is 11.6 Å². The number of aromatic nitrogens is 1. The normalized spacial score (nSPS) is 18.2. The minimum absolute atomic E-state index is 0.184. The molecule has 0 saturated carbocycles. The molecular formula is C18H22ClN3O2S. The molecule has 1 unspecified atom stereocenters. The molecule has 2 aromatic rings. The third-order valence-electron chi connectivity index (χ3n) is 4.42. The molecule has 1 N–H and O–H groups in total. The van der Waals surface area contributed by atoms with Crippen molar-refractivity contribution in [2.45, 2.75) is 31.6 Å². The Balaban J connectivity index is 1.75. The molecule has 134 valence electrons. The number of halogens is 1. The van der Waals surface area contributed by atoms with Crippen LogP contribution in [0.25, 0.3) is 0 Å². The smallest absolute Gasteiger partial charge is 0.261 e. The molecule has 1 aliphatic rings. The first-order chi connectivity index (χ1) is 11.8. The molecule has 0 spiro atoms. The predicted molar refractivity (Wildman–Crippen MR) is 102 cm³/mol. The lowest BCUT2D eigenvalue weighted by atomic mass is 10.0. The Morgan fingerprint density at radius 2 is 2.08 bits per heavy atom. The number of rotatable bonds is 4. The maximum absolute atomic E-state index is 12.5. The molecule has 1 aromatic carbocycles. The van der Waals surface area contributed by atoms with Crippen LogP contribution in [-0.4, -0.2) is 26.5 Å². The topological polar surface area (TPSA) is 62.3 Å². The number of piperidine rings is 1. The third-order valence-corrected chi connectivity index (χ3v) is 6.22. The number of pyridine rings is 1. The van der Waals surface area contributed by atoms with Crippen LogP contribution in [0.5, 0.6) is 0 Å². The van der Waals surface area contributed by atoms with Gasteiger partial charge in [0.25, 0.3) is 10.0 Å². The van der Waals surface area contributed by atoms with E-state index in [-0.39, 0.29) is 4.90 Å². The summed E-state index contributed by atoms with van der Waals surface area (Å²) in [6, 6.07) is 8.26. The third kappa shape index (κ3) is 4.25. The van der Waals surface area contributed by atoms with Gasteiger partial charge in [0, 0.05) is 18.1 Å². The van der Waals surface area contributed by atoms with E-state index < -0.39 is 10.0 Å². The van der Waals surface area contributed by atoms with Crippen molar-refractivity contribution in [2.75, 3.05) is 22.7 Å². The zero-order valence-corrected chi connectivity index (χ0v) is 15.9. The van der Waals surface area contributed by atoms with Crippen LogP contribution < -0.4 is 9.62 Å². The van der Waals surface area contributed by atoms with Gasteiger partial charge in [0.2, 0.25) is 0 Å². The van der Waals surface area contributed by atoms with Gasteiger partial charge < -0.3 is 4.90 Å². The molecule has 3 rings (SSSR count). The maximum Gasteiger partial charge on any atom is 0.261 e. The summed E-state index contributed by atoms with van der Waals surface area (Å²) in [6.45, 7) is 5.99. The Labute approximate surface area is 154 Å². The lowest BCUT2D eigenvalue weighted by Gasteiger charge is -2.31. The van der Waals surface area contributed by atoms with E-state index in [1.165, 1.54) is 12.5 Å². The number of hydrogen-bond donors (Lipinski definition) is 1. The minimum Gasteiger partial charge on any atom is -0.356 e. The number of sulfonamides is 1. The fraction of sp³-hybridized carbons (Fsp3) is 0.389. The highest BCUT2D eigenvalue weighted by atomic mass is 35.5. The van der Waals surface area contributed by atoms with Crippen molar-refractivity contribution in [1.82, 2.24) is 4.98 Å². The molecule has 25 heavy (non-hydrogen) atoms. The van der Waals surface area contributed by atoms with Gasteiger partial charge in [0.1, 0.15) is 5.82 Å². The molecule has 0 aliphatic carbocycles. The maximum atomic E-state index is 12.5. The lowest BCUT2D eigenvalue weighted by Crippen LogP contribution is -2.34. The first kappa shape index (κ1) is 18.0. The van der Waals surface area contributed by atoms with Gasteiger partial charge in [0.15, 0.2) is 0 Å². The Morgan fingerprint density at radius 1 is 1.28 bits per heavy atom. The summed E-state index contributed by atoms with van der Waals surface area (Å²) in [7, 11) is -3.66. The summed E-state index contributed by atoms with van der Waals surface area (Å²) in [5.74, 6) is 1.54. The van der Waals surface area contributed by atoms with Gasteiger partial charge >= 0.3 is 0 Å². The van der Waals surface area contributed by atoms with E-state index in [1.54, 1.807) is 31.3 Å². The Hall–Kier alpha value is -1.79. The van der Waals surface area contributed by atoms with Crippen LogP contribution in [-0.2, 0) is 10.0 Å². The number of hydrogen-bond acceptors (Lipinski definition) is 4. The van der Waals surface area contributed by atoms with Gasteiger partial charge in [-0.15, -0.1) is 0 Å². The van der Waals surface area contributed by atoms with Crippen LogP contribution in [0.2, 0.25) is 5.02 Å². The second kappa shape index (κ2) is 7.22. The van der Waals surface area contributed by atoms with Crippen molar-refractivity contribution in [3.8, 4) is 0 Å². The zero-order valence-electron chi connectivity index (χ0n) is 14.4. The Morgan fingerprint density at radius 3 is 2.72 bits per heavy atom. The largest absolute Gasteiger partial charge is 0.356 e. The summed E-state index contributed by atoms with van der Waals surface area (Å²) in [5, 5.41) is 0.542. The van der Waals surface area contributed by atoms with E-state index in [2.05, 4.69) is 21.5 Å². The highest BCUT2D eigenvalue weighted by Gasteiger charge is 2.18. The number of nitrogens with zero attached hydrogens (tertiary/aromatic N) is 2. The van der Waals surface area contributed by atoms with Crippen LogP contribution in [0.4, 0.5) is 11.5 Å². The number of aryl methyl sites for hydroxylation is 1. The lowest BCUT2D eigenvalue weighted by molar-refractivity contribution is 0.444. The van der Waals surface area contributed by atoms with Gasteiger partial charge in [-0.25, -0.2) is 13.4 Å². The van der Waals surface area contributed by atoms with Crippen LogP contribution in [0, 0.1) is 12.8 Å². The van der Waals surface area contributed by atoms with Crippen molar-refractivity contribution < 1.29 is 8.42 Å². The molecule has 1 aromatic heterocycles. The Bertz CT molecular complexity index is 853. The predicted octanol–water partition coefficient (Wildman–Crippen LogP) is 4.08. The number of nitrogens with one attached hydrogen (secondary N) is 1. The van der Waals surface area contributed by atoms with Gasteiger partial charge in [-0.1, -0.05) is 18.5 Å². The zero-order chi connectivity index (χ0) is 18.0. The van der Waals surface area contributed by atoms with Crippen molar-refractivity contribution in [1.29, 1.82) is 0 Å². The fourth-order valence-electron chi connectivity index (χ4n) is 3.03. The molecule has 1 atom stereocenters. The van der Waals surface area contributed by atoms with Crippen molar-refractivity contribution >= 4 is 33.1 Å². The van der Waals surface area contributed by atoms with E-state index in [0.29, 0.717) is 16.6 Å². The number of benzene rings is 1. The van der Waals surface area contributed by atoms with Crippen LogP contribution in [0.15, 0.2) is 41.4 Å². The highest BCUT2D eigenvalue weighted by molar-refractivity contribution is 7.92. The van der Waals surface area contributed by atoms with Crippen LogP contribution >= 0.6 is 11.6 Å². The van der Waals surface area contributed by atoms with Crippen molar-refractivity contribution in [3.63, 3.8) is 0 Å².